The number of hydrogen-bond donors (Lipinski definition) is 0. The van der Waals surface area contributed by atoms with Gasteiger partial charge in [0.2, 0.25) is 0 Å². The molecule has 4 heterocycles. The molecule has 0 unspecified atom stereocenters. The third-order valence-corrected chi connectivity index (χ3v) is 6.72. The topological polar surface area (TPSA) is 42.0 Å². The Bertz CT molecular complexity index is 896. The number of piperidine rings is 3. The first-order chi connectivity index (χ1) is 14.7. The second kappa shape index (κ2) is 8.26. The zero-order valence-electron chi connectivity index (χ0n) is 17.0. The third-order valence-electron chi connectivity index (χ3n) is 6.72. The number of amides is 1. The first-order valence-corrected chi connectivity index (χ1v) is 10.8. The number of rotatable bonds is 4. The minimum Gasteiger partial charge on any atom is -0.491 e. The molecule has 6 heteroatoms. The third kappa shape index (κ3) is 3.88. The quantitative estimate of drug-likeness (QED) is 0.763. The predicted octanol–water partition coefficient (Wildman–Crippen LogP) is 4.03. The molecular weight excluding hydrogens is 383 g/mol. The van der Waals surface area contributed by atoms with E-state index in [0.717, 1.165) is 44.5 Å². The molecule has 2 atom stereocenters. The van der Waals surface area contributed by atoms with E-state index >= 15 is 0 Å². The number of carbonyl (C=O) groups excluding carboxylic acids is 1. The van der Waals surface area contributed by atoms with Gasteiger partial charge in [-0.2, -0.15) is 0 Å². The second-order valence-electron chi connectivity index (χ2n) is 8.48. The monoisotopic (exact) mass is 410 g/mol. The molecule has 4 aliphatic heterocycles. The van der Waals surface area contributed by atoms with Crippen LogP contribution in [-0.4, -0.2) is 54.8 Å². The predicted molar refractivity (Wildman–Crippen MR) is 111 cm³/mol. The Balaban J connectivity index is 1.33. The highest BCUT2D eigenvalue weighted by Gasteiger charge is 2.39. The summed E-state index contributed by atoms with van der Waals surface area (Å²) in [5, 5.41) is 0. The number of hydrogen-bond acceptors (Lipinski definition) is 4. The summed E-state index contributed by atoms with van der Waals surface area (Å²) in [7, 11) is 0. The minimum atomic E-state index is -0.298. The molecule has 4 aliphatic rings. The lowest BCUT2D eigenvalue weighted by Crippen LogP contribution is -2.53. The van der Waals surface area contributed by atoms with Crippen molar-refractivity contribution in [1.29, 1.82) is 0 Å². The van der Waals surface area contributed by atoms with Gasteiger partial charge >= 0.3 is 6.09 Å². The van der Waals surface area contributed by atoms with Crippen molar-refractivity contribution in [2.75, 3.05) is 32.8 Å². The molecule has 0 radical (unpaired) electrons. The van der Waals surface area contributed by atoms with E-state index in [0.29, 0.717) is 24.8 Å². The fourth-order valence-electron chi connectivity index (χ4n) is 5.00. The highest BCUT2D eigenvalue weighted by Crippen LogP contribution is 2.34. The van der Waals surface area contributed by atoms with Gasteiger partial charge in [0.1, 0.15) is 24.3 Å². The Hall–Kier alpha value is -2.60. The van der Waals surface area contributed by atoms with Crippen LogP contribution in [0.5, 0.6) is 5.75 Å². The van der Waals surface area contributed by atoms with Crippen molar-refractivity contribution in [2.45, 2.75) is 31.4 Å². The number of ether oxygens (including phenoxy) is 2. The molecule has 0 spiro atoms. The smallest absolute Gasteiger partial charge is 0.410 e. The highest BCUT2D eigenvalue weighted by molar-refractivity contribution is 5.69. The zero-order valence-corrected chi connectivity index (χ0v) is 17.0. The molecule has 5 nitrogen and oxygen atoms in total. The highest BCUT2D eigenvalue weighted by atomic mass is 19.1. The van der Waals surface area contributed by atoms with Crippen LogP contribution >= 0.6 is 0 Å². The Morgan fingerprint density at radius 3 is 2.53 bits per heavy atom. The van der Waals surface area contributed by atoms with Crippen LogP contribution in [-0.2, 0) is 11.2 Å². The summed E-state index contributed by atoms with van der Waals surface area (Å²) in [4.78, 5) is 17.4. The molecular formula is C24H27FN2O3. The Morgan fingerprint density at radius 2 is 1.80 bits per heavy atom. The average Bonchev–Trinajstić information content (AvgIpc) is 2.79. The summed E-state index contributed by atoms with van der Waals surface area (Å²) < 4.78 is 25.2. The SMILES string of the molecule is O=C(O[C@@H]1CN2CCC1CC2)N1CCc2ccccc2[C@H]1COc1ccc(F)cc1. The average molecular weight is 410 g/mol. The number of benzene rings is 2. The van der Waals surface area contributed by atoms with E-state index in [2.05, 4.69) is 17.0 Å². The fraction of sp³-hybridized carbons (Fsp3) is 0.458. The van der Waals surface area contributed by atoms with E-state index in [-0.39, 0.29) is 24.1 Å². The van der Waals surface area contributed by atoms with Gasteiger partial charge in [-0.25, -0.2) is 9.18 Å². The standard InChI is InChI=1S/C24H27FN2O3/c25-19-5-7-20(8-6-19)29-16-22-21-4-2-1-3-17(21)11-14-27(22)24(28)30-23-15-26-12-9-18(23)10-13-26/h1-8,18,22-23H,9-16H2/t22-,23-/m1/s1. The molecule has 2 aromatic rings. The van der Waals surface area contributed by atoms with E-state index in [1.807, 2.05) is 17.0 Å². The van der Waals surface area contributed by atoms with Gasteiger partial charge in [-0.1, -0.05) is 24.3 Å². The minimum absolute atomic E-state index is 0.0177. The lowest BCUT2D eigenvalue weighted by Gasteiger charge is -2.45. The molecule has 3 fully saturated rings. The molecule has 0 N–H and O–H groups in total. The largest absolute Gasteiger partial charge is 0.491 e. The van der Waals surface area contributed by atoms with Crippen molar-refractivity contribution >= 4 is 6.09 Å². The van der Waals surface area contributed by atoms with Gasteiger partial charge in [0.15, 0.2) is 0 Å². The molecule has 2 bridgehead atoms. The van der Waals surface area contributed by atoms with Gasteiger partial charge < -0.3 is 9.47 Å². The number of carbonyl (C=O) groups is 1. The van der Waals surface area contributed by atoms with Gasteiger partial charge in [0.25, 0.3) is 0 Å². The summed E-state index contributed by atoms with van der Waals surface area (Å²) in [6.45, 7) is 3.98. The van der Waals surface area contributed by atoms with E-state index in [1.54, 1.807) is 12.1 Å². The fourth-order valence-corrected chi connectivity index (χ4v) is 5.00. The van der Waals surface area contributed by atoms with E-state index in [9.17, 15) is 9.18 Å². The first-order valence-electron chi connectivity index (χ1n) is 10.8. The number of fused-ring (bicyclic) bond motifs is 4. The van der Waals surface area contributed by atoms with Gasteiger partial charge in [0.05, 0.1) is 6.04 Å². The zero-order chi connectivity index (χ0) is 20.5. The summed E-state index contributed by atoms with van der Waals surface area (Å²) in [5.41, 5.74) is 2.33. The normalized spacial score (nSPS) is 27.4. The maximum atomic E-state index is 13.2. The lowest BCUT2D eigenvalue weighted by molar-refractivity contribution is -0.0491. The first kappa shape index (κ1) is 19.4. The summed E-state index contributed by atoms with van der Waals surface area (Å²) >= 11 is 0. The van der Waals surface area contributed by atoms with E-state index < -0.39 is 0 Å². The molecule has 30 heavy (non-hydrogen) atoms. The van der Waals surface area contributed by atoms with Crippen LogP contribution in [0.25, 0.3) is 0 Å². The molecule has 1 amide bonds. The van der Waals surface area contributed by atoms with Gasteiger partial charge in [-0.05, 0) is 73.7 Å². The van der Waals surface area contributed by atoms with Crippen LogP contribution in [0.15, 0.2) is 48.5 Å². The lowest BCUT2D eigenvalue weighted by atomic mass is 9.86. The van der Waals surface area contributed by atoms with Crippen LogP contribution in [0.2, 0.25) is 0 Å². The molecule has 158 valence electrons. The molecule has 6 rings (SSSR count). The summed E-state index contributed by atoms with van der Waals surface area (Å²) in [6.07, 6.45) is 2.75. The Labute approximate surface area is 176 Å². The summed E-state index contributed by atoms with van der Waals surface area (Å²) in [6, 6.07) is 13.9. The second-order valence-corrected chi connectivity index (χ2v) is 8.48. The van der Waals surface area contributed by atoms with E-state index in [1.165, 1.54) is 17.7 Å². The van der Waals surface area contributed by atoms with Crippen molar-refractivity contribution in [3.63, 3.8) is 0 Å². The molecule has 2 aromatic carbocycles. The van der Waals surface area contributed by atoms with Crippen molar-refractivity contribution < 1.29 is 18.7 Å². The van der Waals surface area contributed by atoms with Crippen molar-refractivity contribution in [2.24, 2.45) is 5.92 Å². The molecule has 0 saturated carbocycles. The molecule has 0 aromatic heterocycles. The van der Waals surface area contributed by atoms with Crippen LogP contribution in [0.3, 0.4) is 0 Å². The van der Waals surface area contributed by atoms with Gasteiger partial charge in [0, 0.05) is 13.1 Å². The van der Waals surface area contributed by atoms with Crippen molar-refractivity contribution in [3.8, 4) is 5.75 Å². The molecule has 3 saturated heterocycles. The van der Waals surface area contributed by atoms with Gasteiger partial charge in [-0.15, -0.1) is 0 Å². The molecule has 0 aliphatic carbocycles. The van der Waals surface area contributed by atoms with Crippen molar-refractivity contribution in [1.82, 2.24) is 9.80 Å². The van der Waals surface area contributed by atoms with Crippen molar-refractivity contribution in [3.05, 3.63) is 65.5 Å². The maximum absolute atomic E-state index is 13.2. The Kier molecular flexibility index (Phi) is 5.34. The van der Waals surface area contributed by atoms with Gasteiger partial charge in [-0.3, -0.25) is 9.80 Å². The van der Waals surface area contributed by atoms with Crippen LogP contribution in [0.4, 0.5) is 9.18 Å². The van der Waals surface area contributed by atoms with E-state index in [4.69, 9.17) is 9.47 Å². The number of halogens is 1. The Morgan fingerprint density at radius 1 is 1.03 bits per heavy atom. The van der Waals surface area contributed by atoms with Crippen LogP contribution in [0, 0.1) is 11.7 Å². The summed E-state index contributed by atoms with van der Waals surface area (Å²) in [5.74, 6) is 0.767. The van der Waals surface area contributed by atoms with Crippen LogP contribution < -0.4 is 4.74 Å². The maximum Gasteiger partial charge on any atom is 0.410 e. The van der Waals surface area contributed by atoms with Crippen LogP contribution in [0.1, 0.15) is 30.0 Å². The number of nitrogens with zero attached hydrogens (tertiary/aromatic N) is 2.